The number of aromatic nitrogens is 7. The normalized spacial score (nSPS) is 11.0. The van der Waals surface area contributed by atoms with Crippen molar-refractivity contribution in [1.29, 1.82) is 0 Å². The van der Waals surface area contributed by atoms with Crippen LogP contribution in [0.5, 0.6) is 5.75 Å². The number of hydrogen-bond donors (Lipinski definition) is 1. The third-order valence-electron chi connectivity index (χ3n) is 4.62. The number of ether oxygens (including phenoxy) is 1. The van der Waals surface area contributed by atoms with E-state index >= 15 is 0 Å². The van der Waals surface area contributed by atoms with Gasteiger partial charge in [-0.1, -0.05) is 23.4 Å². The van der Waals surface area contributed by atoms with Crippen LogP contribution in [0.4, 0.5) is 11.6 Å². The number of anilines is 2. The average Bonchev–Trinajstić information content (AvgIpc) is 3.40. The number of nitrogens with zero attached hydrogens (tertiary/aromatic N) is 7. The Hall–Kier alpha value is -4.27. The molecule has 0 saturated heterocycles. The molecule has 0 aliphatic heterocycles. The molecule has 0 aliphatic rings. The van der Waals surface area contributed by atoms with Gasteiger partial charge < -0.3 is 14.6 Å². The van der Waals surface area contributed by atoms with Crippen LogP contribution in [0.1, 0.15) is 5.69 Å². The number of hydrogen-bond acceptors (Lipinski definition) is 7. The van der Waals surface area contributed by atoms with Crippen molar-refractivity contribution >= 4 is 22.8 Å². The van der Waals surface area contributed by atoms with E-state index in [4.69, 9.17) is 4.74 Å². The highest BCUT2D eigenvalue weighted by Gasteiger charge is 2.12. The monoisotopic (exact) mass is 398 g/mol. The summed E-state index contributed by atoms with van der Waals surface area (Å²) in [6.45, 7) is 1.95. The first-order valence-electron chi connectivity index (χ1n) is 9.31. The van der Waals surface area contributed by atoms with Gasteiger partial charge in [-0.05, 0) is 31.2 Å². The summed E-state index contributed by atoms with van der Waals surface area (Å²) >= 11 is 0. The average molecular weight is 398 g/mol. The highest BCUT2D eigenvalue weighted by Crippen LogP contribution is 2.28. The molecule has 0 saturated carbocycles. The molecule has 0 unspecified atom stereocenters. The fourth-order valence-corrected chi connectivity index (χ4v) is 3.18. The van der Waals surface area contributed by atoms with Gasteiger partial charge >= 0.3 is 0 Å². The lowest BCUT2D eigenvalue weighted by Gasteiger charge is -2.12. The smallest absolute Gasteiger partial charge is 0.229 e. The number of fused-ring (bicyclic) bond motifs is 1. The predicted octanol–water partition coefficient (Wildman–Crippen LogP) is 3.46. The minimum absolute atomic E-state index is 0.440. The molecule has 0 radical (unpaired) electrons. The third kappa shape index (κ3) is 3.22. The van der Waals surface area contributed by atoms with E-state index < -0.39 is 0 Å². The van der Waals surface area contributed by atoms with Crippen molar-refractivity contribution < 1.29 is 4.74 Å². The lowest BCUT2D eigenvalue weighted by atomic mass is 10.2. The topological polar surface area (TPSA) is 95.6 Å². The second-order valence-electron chi connectivity index (χ2n) is 6.67. The molecule has 1 N–H and O–H groups in total. The van der Waals surface area contributed by atoms with Gasteiger partial charge in [-0.3, -0.25) is 0 Å². The Morgan fingerprint density at radius 2 is 1.90 bits per heavy atom. The molecule has 9 nitrogen and oxygen atoms in total. The Bertz CT molecular complexity index is 1330. The second kappa shape index (κ2) is 7.28. The van der Waals surface area contributed by atoms with E-state index in [0.29, 0.717) is 22.9 Å². The van der Waals surface area contributed by atoms with Gasteiger partial charge in [0.2, 0.25) is 5.95 Å². The molecule has 5 aromatic rings. The molecule has 0 amide bonds. The molecule has 0 bridgehead atoms. The van der Waals surface area contributed by atoms with Gasteiger partial charge in [0.15, 0.2) is 11.2 Å². The van der Waals surface area contributed by atoms with Crippen molar-refractivity contribution in [3.8, 4) is 17.1 Å². The third-order valence-corrected chi connectivity index (χ3v) is 4.62. The zero-order valence-corrected chi connectivity index (χ0v) is 16.4. The maximum Gasteiger partial charge on any atom is 0.229 e. The highest BCUT2D eigenvalue weighted by molar-refractivity contribution is 5.73. The number of imidazole rings is 1. The Kier molecular flexibility index (Phi) is 4.32. The predicted molar refractivity (Wildman–Crippen MR) is 113 cm³/mol. The molecular formula is C21H18N8O. The Labute approximate surface area is 172 Å². The van der Waals surface area contributed by atoms with Crippen LogP contribution in [0.15, 0.2) is 67.3 Å². The summed E-state index contributed by atoms with van der Waals surface area (Å²) in [7, 11) is 1.64. The van der Waals surface area contributed by atoms with Crippen LogP contribution in [0, 0.1) is 6.92 Å². The van der Waals surface area contributed by atoms with E-state index in [9.17, 15) is 0 Å². The summed E-state index contributed by atoms with van der Waals surface area (Å²) in [6.07, 6.45) is 5.35. The van der Waals surface area contributed by atoms with E-state index in [1.165, 1.54) is 0 Å². The number of aryl methyl sites for hydroxylation is 1. The van der Waals surface area contributed by atoms with Crippen molar-refractivity contribution in [1.82, 2.24) is 34.5 Å². The molecule has 0 atom stereocenters. The standard InChI is InChI=1S/C21H18N8O/c1-14-12-28(13-23-14)18-9-8-15(10-19(18)30-2)24-21-22-11-17-20(25-21)29(27-26-17)16-6-4-3-5-7-16/h3-13H,1-2H3,(H,22,24,25). The first kappa shape index (κ1) is 17.8. The van der Waals surface area contributed by atoms with Crippen molar-refractivity contribution in [3.63, 3.8) is 0 Å². The molecule has 0 aliphatic carbocycles. The van der Waals surface area contributed by atoms with Crippen molar-refractivity contribution in [2.45, 2.75) is 6.92 Å². The Morgan fingerprint density at radius 3 is 2.67 bits per heavy atom. The molecule has 2 aromatic carbocycles. The molecular weight excluding hydrogens is 380 g/mol. The van der Waals surface area contributed by atoms with E-state index in [-0.39, 0.29) is 0 Å². The van der Waals surface area contributed by atoms with Gasteiger partial charge in [0.1, 0.15) is 5.75 Å². The summed E-state index contributed by atoms with van der Waals surface area (Å²) in [5.41, 5.74) is 4.75. The minimum atomic E-state index is 0.440. The summed E-state index contributed by atoms with van der Waals surface area (Å²) in [6, 6.07) is 15.5. The zero-order chi connectivity index (χ0) is 20.5. The SMILES string of the molecule is COc1cc(Nc2ncc3nnn(-c4ccccc4)c3n2)ccc1-n1cnc(C)c1. The molecule has 30 heavy (non-hydrogen) atoms. The number of benzene rings is 2. The molecule has 0 fully saturated rings. The number of para-hydroxylation sites is 1. The van der Waals surface area contributed by atoms with Crippen LogP contribution in [0.3, 0.4) is 0 Å². The van der Waals surface area contributed by atoms with E-state index in [1.807, 2.05) is 66.2 Å². The van der Waals surface area contributed by atoms with Crippen molar-refractivity contribution in [3.05, 3.63) is 72.9 Å². The van der Waals surface area contributed by atoms with E-state index in [1.54, 1.807) is 24.3 Å². The van der Waals surface area contributed by atoms with Gasteiger partial charge in [-0.15, -0.1) is 5.10 Å². The summed E-state index contributed by atoms with van der Waals surface area (Å²) in [4.78, 5) is 13.2. The zero-order valence-electron chi connectivity index (χ0n) is 16.4. The molecule has 5 rings (SSSR count). The highest BCUT2D eigenvalue weighted by atomic mass is 16.5. The van der Waals surface area contributed by atoms with E-state index in [0.717, 1.165) is 22.8 Å². The van der Waals surface area contributed by atoms with Crippen LogP contribution >= 0.6 is 0 Å². The van der Waals surface area contributed by atoms with Crippen molar-refractivity contribution in [2.24, 2.45) is 0 Å². The van der Waals surface area contributed by atoms with Gasteiger partial charge in [-0.25, -0.2) is 9.97 Å². The van der Waals surface area contributed by atoms with E-state index in [2.05, 4.69) is 30.6 Å². The van der Waals surface area contributed by atoms with Gasteiger partial charge in [0.25, 0.3) is 0 Å². The lowest BCUT2D eigenvalue weighted by molar-refractivity contribution is 0.413. The molecule has 3 aromatic heterocycles. The first-order chi connectivity index (χ1) is 14.7. The summed E-state index contributed by atoms with van der Waals surface area (Å²) in [5, 5.41) is 11.6. The molecule has 9 heteroatoms. The molecule has 3 heterocycles. The number of nitrogens with one attached hydrogen (secondary N) is 1. The maximum absolute atomic E-state index is 5.57. The van der Waals surface area contributed by atoms with Crippen molar-refractivity contribution in [2.75, 3.05) is 12.4 Å². The molecule has 148 valence electrons. The summed E-state index contributed by atoms with van der Waals surface area (Å²) < 4.78 is 9.18. The Morgan fingerprint density at radius 1 is 1.03 bits per heavy atom. The lowest BCUT2D eigenvalue weighted by Crippen LogP contribution is -2.02. The van der Waals surface area contributed by atoms with Crippen LogP contribution in [0.25, 0.3) is 22.5 Å². The van der Waals surface area contributed by atoms with Gasteiger partial charge in [-0.2, -0.15) is 9.67 Å². The minimum Gasteiger partial charge on any atom is -0.494 e. The van der Waals surface area contributed by atoms with Gasteiger partial charge in [0.05, 0.1) is 36.7 Å². The second-order valence-corrected chi connectivity index (χ2v) is 6.67. The quantitative estimate of drug-likeness (QED) is 0.484. The van der Waals surface area contributed by atoms with Crippen LogP contribution in [-0.4, -0.2) is 41.6 Å². The van der Waals surface area contributed by atoms with Gasteiger partial charge in [0, 0.05) is 18.0 Å². The Balaban J connectivity index is 1.48. The first-order valence-corrected chi connectivity index (χ1v) is 9.31. The number of rotatable bonds is 5. The maximum atomic E-state index is 5.57. The molecule has 0 spiro atoms. The van der Waals surface area contributed by atoms with Crippen LogP contribution in [0.2, 0.25) is 0 Å². The van der Waals surface area contributed by atoms with Crippen LogP contribution in [-0.2, 0) is 0 Å². The largest absolute Gasteiger partial charge is 0.494 e. The van der Waals surface area contributed by atoms with Crippen LogP contribution < -0.4 is 10.1 Å². The summed E-state index contributed by atoms with van der Waals surface area (Å²) in [5.74, 6) is 1.14. The number of methoxy groups -OCH3 is 1. The fourth-order valence-electron chi connectivity index (χ4n) is 3.18. The fraction of sp³-hybridized carbons (Fsp3) is 0.0952.